The Bertz CT molecular complexity index is 597. The van der Waals surface area contributed by atoms with Crippen LogP contribution in [0.3, 0.4) is 0 Å². The van der Waals surface area contributed by atoms with Crippen LogP contribution >= 0.6 is 0 Å². The van der Waals surface area contributed by atoms with Crippen molar-refractivity contribution in [3.05, 3.63) is 29.8 Å². The van der Waals surface area contributed by atoms with Crippen molar-refractivity contribution in [1.29, 1.82) is 0 Å². The van der Waals surface area contributed by atoms with Crippen LogP contribution in [0.4, 0.5) is 36.8 Å². The highest BCUT2D eigenvalue weighted by Crippen LogP contribution is 2.31. The minimum atomic E-state index is -5.31. The SMILES string of the molecule is CN(C)C(=O)N(NC(=O)C(F)(F)F)c1cccc(C(F)(F)F)c1. The number of alkyl halides is 6. The topological polar surface area (TPSA) is 52.7 Å². The molecule has 0 radical (unpaired) electrons. The summed E-state index contributed by atoms with van der Waals surface area (Å²) in [6.45, 7) is 0. The number of rotatable bonds is 1. The number of hydrazine groups is 1. The summed E-state index contributed by atoms with van der Waals surface area (Å²) in [5.74, 6) is -2.50. The van der Waals surface area contributed by atoms with E-state index in [1.807, 2.05) is 0 Å². The summed E-state index contributed by atoms with van der Waals surface area (Å²) in [5, 5.41) is 0.0884. The van der Waals surface area contributed by atoms with Crippen LogP contribution in [0.15, 0.2) is 24.3 Å². The van der Waals surface area contributed by atoms with Gasteiger partial charge in [0.05, 0.1) is 11.3 Å². The van der Waals surface area contributed by atoms with Gasteiger partial charge in [0, 0.05) is 14.1 Å². The first-order valence-electron chi connectivity index (χ1n) is 5.90. The molecule has 0 aliphatic heterocycles. The van der Waals surface area contributed by atoms with E-state index in [4.69, 9.17) is 0 Å². The Hall–Kier alpha value is -2.46. The average molecular weight is 343 g/mol. The molecule has 0 spiro atoms. The van der Waals surface area contributed by atoms with Crippen LogP contribution < -0.4 is 10.4 Å². The summed E-state index contributed by atoms with van der Waals surface area (Å²) in [6.07, 6.45) is -10.1. The molecule has 0 aromatic heterocycles. The van der Waals surface area contributed by atoms with E-state index in [0.29, 0.717) is 12.1 Å². The number of halogens is 6. The average Bonchev–Trinajstić information content (AvgIpc) is 2.41. The standard InChI is InChI=1S/C12H11F6N3O2/c1-20(2)10(23)21(19-9(22)12(16,17)18)8-5-3-4-7(6-8)11(13,14)15/h3-6H,1-2H3,(H,19,22). The van der Waals surface area contributed by atoms with Crippen molar-refractivity contribution in [2.24, 2.45) is 0 Å². The molecule has 1 aromatic carbocycles. The summed E-state index contributed by atoms with van der Waals surface area (Å²) in [5.41, 5.74) is -0.516. The highest BCUT2D eigenvalue weighted by Gasteiger charge is 2.41. The molecule has 0 saturated carbocycles. The Kier molecular flexibility index (Phi) is 5.13. The summed E-state index contributed by atoms with van der Waals surface area (Å²) < 4.78 is 74.9. The maximum absolute atomic E-state index is 12.7. The van der Waals surface area contributed by atoms with Gasteiger partial charge >= 0.3 is 24.3 Å². The van der Waals surface area contributed by atoms with E-state index in [-0.39, 0.29) is 5.01 Å². The Labute approximate surface area is 126 Å². The van der Waals surface area contributed by atoms with E-state index in [1.165, 1.54) is 5.43 Å². The normalized spacial score (nSPS) is 11.8. The number of hydrogen-bond acceptors (Lipinski definition) is 2. The zero-order valence-electron chi connectivity index (χ0n) is 11.8. The Morgan fingerprint density at radius 3 is 2.04 bits per heavy atom. The number of nitrogens with one attached hydrogen (secondary N) is 1. The Morgan fingerprint density at radius 2 is 1.61 bits per heavy atom. The lowest BCUT2D eigenvalue weighted by Crippen LogP contribution is -2.54. The number of anilines is 1. The van der Waals surface area contributed by atoms with Gasteiger partial charge in [0.2, 0.25) is 0 Å². The van der Waals surface area contributed by atoms with Gasteiger partial charge in [-0.25, -0.2) is 9.80 Å². The molecule has 0 saturated heterocycles. The fourth-order valence-corrected chi connectivity index (χ4v) is 1.41. The molecule has 11 heteroatoms. The summed E-state index contributed by atoms with van der Waals surface area (Å²) in [7, 11) is 2.31. The smallest absolute Gasteiger partial charge is 0.329 e. The monoisotopic (exact) mass is 343 g/mol. The minimum absolute atomic E-state index is 0.0884. The molecule has 5 nitrogen and oxygen atoms in total. The number of nitrogens with zero attached hydrogens (tertiary/aromatic N) is 2. The molecular weight excluding hydrogens is 332 g/mol. The van der Waals surface area contributed by atoms with Crippen LogP contribution in [0.25, 0.3) is 0 Å². The molecule has 23 heavy (non-hydrogen) atoms. The number of amides is 3. The number of hydrogen-bond donors (Lipinski definition) is 1. The lowest BCUT2D eigenvalue weighted by atomic mass is 10.2. The van der Waals surface area contributed by atoms with Crippen molar-refractivity contribution in [3.8, 4) is 0 Å². The third kappa shape index (κ3) is 4.76. The van der Waals surface area contributed by atoms with E-state index in [1.54, 1.807) is 0 Å². The van der Waals surface area contributed by atoms with Crippen molar-refractivity contribution in [1.82, 2.24) is 10.3 Å². The van der Waals surface area contributed by atoms with Gasteiger partial charge in [-0.1, -0.05) is 6.07 Å². The molecule has 0 heterocycles. The third-order valence-corrected chi connectivity index (χ3v) is 2.48. The molecule has 3 amide bonds. The first-order chi connectivity index (χ1) is 10.3. The molecule has 0 unspecified atom stereocenters. The first kappa shape index (κ1) is 18.6. The van der Waals surface area contributed by atoms with Crippen LogP contribution in [0.1, 0.15) is 5.56 Å². The maximum Gasteiger partial charge on any atom is 0.472 e. The lowest BCUT2D eigenvalue weighted by Gasteiger charge is -2.27. The quantitative estimate of drug-likeness (QED) is 0.630. The zero-order chi connectivity index (χ0) is 18.0. The molecule has 128 valence electrons. The van der Waals surface area contributed by atoms with Crippen LogP contribution in [0.2, 0.25) is 0 Å². The van der Waals surface area contributed by atoms with Crippen LogP contribution in [-0.4, -0.2) is 37.1 Å². The molecule has 0 aliphatic carbocycles. The van der Waals surface area contributed by atoms with Gasteiger partial charge in [0.25, 0.3) is 0 Å². The van der Waals surface area contributed by atoms with E-state index in [9.17, 15) is 35.9 Å². The molecule has 1 rings (SSSR count). The fourth-order valence-electron chi connectivity index (χ4n) is 1.41. The molecule has 1 aromatic rings. The van der Waals surface area contributed by atoms with Crippen LogP contribution in [0, 0.1) is 0 Å². The van der Waals surface area contributed by atoms with Crippen molar-refractivity contribution in [2.45, 2.75) is 12.4 Å². The predicted octanol–water partition coefficient (Wildman–Crippen LogP) is 2.79. The molecule has 0 atom stereocenters. The van der Waals surface area contributed by atoms with Gasteiger partial charge in [-0.3, -0.25) is 10.2 Å². The van der Waals surface area contributed by atoms with Gasteiger partial charge in [-0.2, -0.15) is 26.3 Å². The number of carbonyl (C=O) groups is 2. The van der Waals surface area contributed by atoms with Gasteiger partial charge < -0.3 is 4.90 Å². The largest absolute Gasteiger partial charge is 0.472 e. The minimum Gasteiger partial charge on any atom is -0.329 e. The Morgan fingerprint density at radius 1 is 1.04 bits per heavy atom. The van der Waals surface area contributed by atoms with Gasteiger partial charge in [0.15, 0.2) is 0 Å². The summed E-state index contributed by atoms with van der Waals surface area (Å²) >= 11 is 0. The van der Waals surface area contributed by atoms with Crippen molar-refractivity contribution in [2.75, 3.05) is 19.1 Å². The van der Waals surface area contributed by atoms with E-state index in [0.717, 1.165) is 31.1 Å². The second-order valence-electron chi connectivity index (χ2n) is 4.50. The maximum atomic E-state index is 12.7. The molecular formula is C12H11F6N3O2. The number of benzene rings is 1. The van der Waals surface area contributed by atoms with Gasteiger partial charge in [-0.05, 0) is 18.2 Å². The summed E-state index contributed by atoms with van der Waals surface area (Å²) in [4.78, 5) is 23.6. The summed E-state index contributed by atoms with van der Waals surface area (Å²) in [6, 6.07) is 1.80. The van der Waals surface area contributed by atoms with Crippen LogP contribution in [0.5, 0.6) is 0 Å². The van der Waals surface area contributed by atoms with E-state index in [2.05, 4.69) is 0 Å². The van der Waals surface area contributed by atoms with Crippen LogP contribution in [-0.2, 0) is 11.0 Å². The molecule has 1 N–H and O–H groups in total. The highest BCUT2D eigenvalue weighted by atomic mass is 19.4. The Balaban J connectivity index is 3.25. The number of carbonyl (C=O) groups excluding carboxylic acids is 2. The van der Waals surface area contributed by atoms with Crippen molar-refractivity contribution < 1.29 is 35.9 Å². The molecule has 0 fully saturated rings. The zero-order valence-corrected chi connectivity index (χ0v) is 11.8. The molecule has 0 aliphatic rings. The highest BCUT2D eigenvalue weighted by molar-refractivity contribution is 5.96. The molecule has 0 bridgehead atoms. The predicted molar refractivity (Wildman–Crippen MR) is 67.2 cm³/mol. The van der Waals surface area contributed by atoms with Crippen molar-refractivity contribution in [3.63, 3.8) is 0 Å². The second kappa shape index (κ2) is 6.34. The third-order valence-electron chi connectivity index (χ3n) is 2.48. The van der Waals surface area contributed by atoms with Gasteiger partial charge in [0.1, 0.15) is 0 Å². The first-order valence-corrected chi connectivity index (χ1v) is 5.90. The van der Waals surface area contributed by atoms with E-state index < -0.39 is 35.5 Å². The van der Waals surface area contributed by atoms with Crippen molar-refractivity contribution >= 4 is 17.6 Å². The lowest BCUT2D eigenvalue weighted by molar-refractivity contribution is -0.173. The fraction of sp³-hybridized carbons (Fsp3) is 0.333. The number of urea groups is 1. The second-order valence-corrected chi connectivity index (χ2v) is 4.50. The van der Waals surface area contributed by atoms with E-state index >= 15 is 0 Å². The van der Waals surface area contributed by atoms with Gasteiger partial charge in [-0.15, -0.1) is 0 Å².